The molecule has 0 radical (unpaired) electrons. The molecule has 1 amide bonds. The Morgan fingerprint density at radius 2 is 2.45 bits per heavy atom. The first-order chi connectivity index (χ1) is 5.27. The summed E-state index contributed by atoms with van der Waals surface area (Å²) in [6, 6.07) is 3.71. The lowest BCUT2D eigenvalue weighted by Crippen LogP contribution is -2.10. The topological polar surface area (TPSA) is 58.9 Å². The Balaban J connectivity index is 2.67. The minimum atomic E-state index is -0.409. The van der Waals surface area contributed by atoms with Gasteiger partial charge in [-0.05, 0) is 17.5 Å². The van der Waals surface area contributed by atoms with Gasteiger partial charge < -0.3 is 10.7 Å². The van der Waals surface area contributed by atoms with Crippen molar-refractivity contribution >= 4 is 27.5 Å². The summed E-state index contributed by atoms with van der Waals surface area (Å²) in [5, 5.41) is 3.01. The van der Waals surface area contributed by atoms with E-state index in [2.05, 4.69) is 4.98 Å². The molecule has 0 atom stereocenters. The normalized spacial score (nSPS) is 10.5. The van der Waals surface area contributed by atoms with Gasteiger partial charge in [-0.3, -0.25) is 4.79 Å². The molecule has 0 aliphatic carbocycles. The molecule has 2 heterocycles. The van der Waals surface area contributed by atoms with Crippen LogP contribution < -0.4 is 5.73 Å². The molecule has 0 saturated heterocycles. The van der Waals surface area contributed by atoms with Gasteiger partial charge in [-0.1, -0.05) is 0 Å². The molecule has 0 aromatic carbocycles. The van der Waals surface area contributed by atoms with E-state index in [4.69, 9.17) is 5.73 Å². The summed E-state index contributed by atoms with van der Waals surface area (Å²) >= 11 is 1.56. The number of aromatic nitrogens is 1. The van der Waals surface area contributed by atoms with Crippen molar-refractivity contribution in [2.24, 2.45) is 5.73 Å². The van der Waals surface area contributed by atoms with Crippen LogP contribution in [0.15, 0.2) is 17.5 Å². The van der Waals surface area contributed by atoms with Crippen molar-refractivity contribution in [1.82, 2.24) is 4.98 Å². The predicted octanol–water partition coefficient (Wildman–Crippen LogP) is 1.33. The van der Waals surface area contributed by atoms with Crippen LogP contribution in [0.25, 0.3) is 10.2 Å². The monoisotopic (exact) mass is 166 g/mol. The van der Waals surface area contributed by atoms with Crippen LogP contribution in [0, 0.1) is 0 Å². The summed E-state index contributed by atoms with van der Waals surface area (Å²) in [6.45, 7) is 0. The first kappa shape index (κ1) is 6.42. The number of hydrogen-bond donors (Lipinski definition) is 2. The number of primary amides is 1. The number of carbonyl (C=O) groups is 1. The Labute approximate surface area is 66.8 Å². The Morgan fingerprint density at radius 3 is 3.09 bits per heavy atom. The van der Waals surface area contributed by atoms with E-state index >= 15 is 0 Å². The van der Waals surface area contributed by atoms with Crippen LogP contribution in [0.4, 0.5) is 0 Å². The molecule has 56 valence electrons. The first-order valence-electron chi connectivity index (χ1n) is 3.13. The third kappa shape index (κ3) is 0.914. The first-order valence-corrected chi connectivity index (χ1v) is 4.01. The highest BCUT2D eigenvalue weighted by Gasteiger charge is 2.04. The Hall–Kier alpha value is -1.29. The number of H-pyrrole nitrogens is 1. The molecule has 11 heavy (non-hydrogen) atoms. The lowest BCUT2D eigenvalue weighted by atomic mass is 10.3. The largest absolute Gasteiger partial charge is 0.364 e. The van der Waals surface area contributed by atoms with Crippen LogP contribution >= 0.6 is 11.3 Å². The number of rotatable bonds is 1. The highest BCUT2D eigenvalue weighted by Crippen LogP contribution is 2.20. The van der Waals surface area contributed by atoms with Gasteiger partial charge in [-0.15, -0.1) is 11.3 Å². The highest BCUT2D eigenvalue weighted by atomic mass is 32.1. The van der Waals surface area contributed by atoms with Crippen molar-refractivity contribution in [3.05, 3.63) is 23.2 Å². The van der Waals surface area contributed by atoms with E-state index in [0.717, 1.165) is 10.2 Å². The van der Waals surface area contributed by atoms with Crippen molar-refractivity contribution in [2.45, 2.75) is 0 Å². The van der Waals surface area contributed by atoms with Gasteiger partial charge in [-0.2, -0.15) is 0 Å². The third-order valence-electron chi connectivity index (χ3n) is 1.51. The van der Waals surface area contributed by atoms with Crippen LogP contribution in [0.5, 0.6) is 0 Å². The average Bonchev–Trinajstić information content (AvgIpc) is 2.40. The zero-order valence-corrected chi connectivity index (χ0v) is 6.44. The fourth-order valence-corrected chi connectivity index (χ4v) is 1.76. The second kappa shape index (κ2) is 2.10. The number of amides is 1. The van der Waals surface area contributed by atoms with Gasteiger partial charge in [0.25, 0.3) is 5.91 Å². The minimum absolute atomic E-state index is 0.409. The summed E-state index contributed by atoms with van der Waals surface area (Å²) in [4.78, 5) is 14.6. The molecule has 0 aliphatic rings. The van der Waals surface area contributed by atoms with Crippen molar-refractivity contribution in [3.8, 4) is 0 Å². The van der Waals surface area contributed by atoms with Gasteiger partial charge in [0.1, 0.15) is 10.5 Å². The SMILES string of the molecule is NC(=O)c1cc2ccsc2[nH]1. The van der Waals surface area contributed by atoms with Crippen LogP contribution in [0.1, 0.15) is 10.5 Å². The van der Waals surface area contributed by atoms with Gasteiger partial charge in [0.05, 0.1) is 0 Å². The highest BCUT2D eigenvalue weighted by molar-refractivity contribution is 7.16. The predicted molar refractivity (Wildman–Crippen MR) is 44.7 cm³/mol. The summed E-state index contributed by atoms with van der Waals surface area (Å²) in [7, 11) is 0. The number of hydrogen-bond acceptors (Lipinski definition) is 2. The summed E-state index contributed by atoms with van der Waals surface area (Å²) in [6.07, 6.45) is 0. The minimum Gasteiger partial charge on any atom is -0.364 e. The number of carbonyl (C=O) groups excluding carboxylic acids is 1. The Bertz CT molecular complexity index is 373. The van der Waals surface area contributed by atoms with Crippen LogP contribution in [0.3, 0.4) is 0 Å². The standard InChI is InChI=1S/C7H6N2OS/c8-6(10)5-3-4-1-2-11-7(4)9-5/h1-3,9H,(H2,8,10). The van der Waals surface area contributed by atoms with E-state index < -0.39 is 5.91 Å². The molecule has 0 aliphatic heterocycles. The van der Waals surface area contributed by atoms with E-state index in [9.17, 15) is 4.79 Å². The van der Waals surface area contributed by atoms with E-state index in [0.29, 0.717) is 5.69 Å². The number of nitrogens with one attached hydrogen (secondary N) is 1. The molecule has 0 bridgehead atoms. The lowest BCUT2D eigenvalue weighted by molar-refractivity contribution is 0.0996. The smallest absolute Gasteiger partial charge is 0.265 e. The number of nitrogens with two attached hydrogens (primary N) is 1. The maximum absolute atomic E-state index is 10.7. The van der Waals surface area contributed by atoms with Gasteiger partial charge in [0.2, 0.25) is 0 Å². The third-order valence-corrected chi connectivity index (χ3v) is 2.35. The molecule has 3 nitrogen and oxygen atoms in total. The molecule has 2 rings (SSSR count). The van der Waals surface area contributed by atoms with Crippen molar-refractivity contribution in [3.63, 3.8) is 0 Å². The second-order valence-electron chi connectivity index (χ2n) is 2.25. The summed E-state index contributed by atoms with van der Waals surface area (Å²) in [5.41, 5.74) is 5.55. The zero-order chi connectivity index (χ0) is 7.84. The Morgan fingerprint density at radius 1 is 1.64 bits per heavy atom. The number of thiophene rings is 1. The maximum Gasteiger partial charge on any atom is 0.265 e. The summed E-state index contributed by atoms with van der Waals surface area (Å²) < 4.78 is 0. The Kier molecular flexibility index (Phi) is 1.22. The van der Waals surface area contributed by atoms with Crippen molar-refractivity contribution in [1.29, 1.82) is 0 Å². The maximum atomic E-state index is 10.7. The van der Waals surface area contributed by atoms with Crippen molar-refractivity contribution in [2.75, 3.05) is 0 Å². The molecule has 0 spiro atoms. The van der Waals surface area contributed by atoms with Gasteiger partial charge in [0, 0.05) is 5.39 Å². The zero-order valence-electron chi connectivity index (χ0n) is 5.63. The lowest BCUT2D eigenvalue weighted by Gasteiger charge is -1.83. The number of fused-ring (bicyclic) bond motifs is 1. The molecule has 2 aromatic rings. The van der Waals surface area contributed by atoms with Crippen molar-refractivity contribution < 1.29 is 4.79 Å². The molecule has 3 N–H and O–H groups in total. The molecule has 0 saturated carbocycles. The summed E-state index contributed by atoms with van der Waals surface area (Å²) in [5.74, 6) is -0.409. The van der Waals surface area contributed by atoms with Crippen LogP contribution in [-0.2, 0) is 0 Å². The molecule has 4 heteroatoms. The van der Waals surface area contributed by atoms with E-state index in [1.165, 1.54) is 0 Å². The molecular weight excluding hydrogens is 160 g/mol. The van der Waals surface area contributed by atoms with Gasteiger partial charge in [0.15, 0.2) is 0 Å². The van der Waals surface area contributed by atoms with Gasteiger partial charge in [-0.25, -0.2) is 0 Å². The molecule has 0 fully saturated rings. The molecule has 2 aromatic heterocycles. The molecular formula is C7H6N2OS. The van der Waals surface area contributed by atoms with E-state index in [1.54, 1.807) is 17.4 Å². The second-order valence-corrected chi connectivity index (χ2v) is 3.17. The number of aromatic amines is 1. The van der Waals surface area contributed by atoms with E-state index in [1.807, 2.05) is 11.4 Å². The molecule has 0 unspecified atom stereocenters. The fraction of sp³-hybridized carbons (Fsp3) is 0. The average molecular weight is 166 g/mol. The van der Waals surface area contributed by atoms with Crippen LogP contribution in [-0.4, -0.2) is 10.9 Å². The van der Waals surface area contributed by atoms with Gasteiger partial charge >= 0.3 is 0 Å². The quantitative estimate of drug-likeness (QED) is 0.659. The fourth-order valence-electron chi connectivity index (χ4n) is 0.981. The van der Waals surface area contributed by atoms with Crippen LogP contribution in [0.2, 0.25) is 0 Å². The van der Waals surface area contributed by atoms with E-state index in [-0.39, 0.29) is 0 Å².